The number of para-hydroxylation sites is 1. The van der Waals surface area contributed by atoms with Crippen LogP contribution >= 0.6 is 11.6 Å². The standard InChI is InChI=1S/C15H21ClN2O2/c1-3-8-17-10-11-5-4-6-12(16)14(11)20-13-7-9-18(2)15(13)19/h4-6,13,17H,3,7-10H2,1-2H3. The zero-order valence-electron chi connectivity index (χ0n) is 12.0. The van der Waals surface area contributed by atoms with Crippen LogP contribution in [0.15, 0.2) is 18.2 Å². The Morgan fingerprint density at radius 2 is 2.30 bits per heavy atom. The van der Waals surface area contributed by atoms with Crippen molar-refractivity contribution in [3.63, 3.8) is 0 Å². The molecule has 2 rings (SSSR count). The molecular weight excluding hydrogens is 276 g/mol. The molecule has 5 heteroatoms. The van der Waals surface area contributed by atoms with Crippen molar-refractivity contribution in [1.82, 2.24) is 10.2 Å². The third-order valence-electron chi connectivity index (χ3n) is 3.43. The molecule has 1 unspecified atom stereocenters. The van der Waals surface area contributed by atoms with E-state index < -0.39 is 6.10 Å². The molecule has 1 saturated heterocycles. The molecule has 1 aliphatic rings. The molecule has 1 aliphatic heterocycles. The molecule has 0 saturated carbocycles. The highest BCUT2D eigenvalue weighted by atomic mass is 35.5. The van der Waals surface area contributed by atoms with Crippen molar-refractivity contribution in [2.45, 2.75) is 32.4 Å². The predicted octanol–water partition coefficient (Wildman–Crippen LogP) is 2.45. The molecule has 1 amide bonds. The smallest absolute Gasteiger partial charge is 0.263 e. The number of ether oxygens (including phenoxy) is 1. The second-order valence-corrected chi connectivity index (χ2v) is 5.47. The predicted molar refractivity (Wildman–Crippen MR) is 80.1 cm³/mol. The molecule has 1 aromatic carbocycles. The second-order valence-electron chi connectivity index (χ2n) is 5.06. The maximum atomic E-state index is 11.9. The topological polar surface area (TPSA) is 41.6 Å². The lowest BCUT2D eigenvalue weighted by Gasteiger charge is -2.17. The number of carbonyl (C=O) groups is 1. The van der Waals surface area contributed by atoms with Gasteiger partial charge >= 0.3 is 0 Å². The highest BCUT2D eigenvalue weighted by Gasteiger charge is 2.31. The fourth-order valence-corrected chi connectivity index (χ4v) is 2.51. The van der Waals surface area contributed by atoms with Gasteiger partial charge in [0.25, 0.3) is 5.91 Å². The third kappa shape index (κ3) is 3.44. The number of hydrogen-bond acceptors (Lipinski definition) is 3. The summed E-state index contributed by atoms with van der Waals surface area (Å²) in [5.41, 5.74) is 0.994. The molecule has 1 atom stereocenters. The molecule has 1 aromatic rings. The Morgan fingerprint density at radius 3 is 2.95 bits per heavy atom. The van der Waals surface area contributed by atoms with Gasteiger partial charge < -0.3 is 15.0 Å². The van der Waals surface area contributed by atoms with Crippen LogP contribution in [0.1, 0.15) is 25.3 Å². The first kappa shape index (κ1) is 15.1. The highest BCUT2D eigenvalue weighted by molar-refractivity contribution is 6.32. The summed E-state index contributed by atoms with van der Waals surface area (Å²) in [6.45, 7) is 4.49. The van der Waals surface area contributed by atoms with Gasteiger partial charge in [-0.3, -0.25) is 4.79 Å². The third-order valence-corrected chi connectivity index (χ3v) is 3.73. The number of nitrogens with one attached hydrogen (secondary N) is 1. The minimum atomic E-state index is -0.412. The van der Waals surface area contributed by atoms with Crippen LogP contribution < -0.4 is 10.1 Å². The zero-order valence-corrected chi connectivity index (χ0v) is 12.7. The molecule has 0 aromatic heterocycles. The lowest BCUT2D eigenvalue weighted by Crippen LogP contribution is -2.30. The summed E-state index contributed by atoms with van der Waals surface area (Å²) in [6.07, 6.45) is 1.37. The monoisotopic (exact) mass is 296 g/mol. The number of rotatable bonds is 6. The fourth-order valence-electron chi connectivity index (χ4n) is 2.27. The van der Waals surface area contributed by atoms with Gasteiger partial charge in [-0.05, 0) is 19.0 Å². The largest absolute Gasteiger partial charge is 0.479 e. The molecular formula is C15H21ClN2O2. The van der Waals surface area contributed by atoms with E-state index in [0.717, 1.165) is 25.1 Å². The average molecular weight is 297 g/mol. The maximum absolute atomic E-state index is 11.9. The molecule has 0 spiro atoms. The van der Waals surface area contributed by atoms with Crippen LogP contribution in [0.5, 0.6) is 5.75 Å². The molecule has 110 valence electrons. The van der Waals surface area contributed by atoms with Gasteiger partial charge in [0.1, 0.15) is 5.75 Å². The molecule has 20 heavy (non-hydrogen) atoms. The van der Waals surface area contributed by atoms with Gasteiger partial charge in [0.2, 0.25) is 0 Å². The first-order valence-electron chi connectivity index (χ1n) is 7.03. The lowest BCUT2D eigenvalue weighted by molar-refractivity contribution is -0.132. The minimum Gasteiger partial charge on any atom is -0.479 e. The molecule has 4 nitrogen and oxygen atoms in total. The Balaban J connectivity index is 2.11. The van der Waals surface area contributed by atoms with Crippen LogP contribution in [0.2, 0.25) is 5.02 Å². The van der Waals surface area contributed by atoms with E-state index in [0.29, 0.717) is 23.7 Å². The average Bonchev–Trinajstić information content (AvgIpc) is 2.74. The minimum absolute atomic E-state index is 0.0254. The van der Waals surface area contributed by atoms with Crippen molar-refractivity contribution in [2.24, 2.45) is 0 Å². The first-order chi connectivity index (χ1) is 9.63. The molecule has 1 fully saturated rings. The molecule has 1 heterocycles. The molecule has 1 N–H and O–H groups in total. The van der Waals surface area contributed by atoms with Crippen LogP contribution in [0.4, 0.5) is 0 Å². The van der Waals surface area contributed by atoms with Crippen LogP contribution in [0, 0.1) is 0 Å². The summed E-state index contributed by atoms with van der Waals surface area (Å²) in [7, 11) is 1.79. The maximum Gasteiger partial charge on any atom is 0.263 e. The van der Waals surface area contributed by atoms with Crippen molar-refractivity contribution >= 4 is 17.5 Å². The van der Waals surface area contributed by atoms with E-state index >= 15 is 0 Å². The van der Waals surface area contributed by atoms with Gasteiger partial charge in [0, 0.05) is 32.1 Å². The van der Waals surface area contributed by atoms with E-state index in [1.807, 2.05) is 12.1 Å². The number of amides is 1. The fraction of sp³-hybridized carbons (Fsp3) is 0.533. The van der Waals surface area contributed by atoms with Crippen molar-refractivity contribution in [1.29, 1.82) is 0 Å². The Labute approximate surface area is 125 Å². The zero-order chi connectivity index (χ0) is 14.5. The lowest BCUT2D eigenvalue weighted by atomic mass is 10.2. The number of benzene rings is 1. The second kappa shape index (κ2) is 6.95. The Bertz CT molecular complexity index is 479. The Hall–Kier alpha value is -1.26. The van der Waals surface area contributed by atoms with Gasteiger partial charge in [-0.25, -0.2) is 0 Å². The number of likely N-dealkylation sites (tertiary alicyclic amines) is 1. The molecule has 0 bridgehead atoms. The molecule has 0 aliphatic carbocycles. The number of nitrogens with zero attached hydrogens (tertiary/aromatic N) is 1. The van der Waals surface area contributed by atoms with E-state index in [4.69, 9.17) is 16.3 Å². The Morgan fingerprint density at radius 1 is 1.50 bits per heavy atom. The number of halogens is 1. The van der Waals surface area contributed by atoms with Crippen LogP contribution in [-0.2, 0) is 11.3 Å². The number of likely N-dealkylation sites (N-methyl/N-ethyl adjacent to an activating group) is 1. The van der Waals surface area contributed by atoms with E-state index in [1.165, 1.54) is 0 Å². The molecule has 0 radical (unpaired) electrons. The van der Waals surface area contributed by atoms with Gasteiger partial charge in [0.05, 0.1) is 5.02 Å². The quantitative estimate of drug-likeness (QED) is 0.820. The van der Waals surface area contributed by atoms with Crippen molar-refractivity contribution in [2.75, 3.05) is 20.1 Å². The Kier molecular flexibility index (Phi) is 5.26. The summed E-state index contributed by atoms with van der Waals surface area (Å²) in [5.74, 6) is 0.656. The van der Waals surface area contributed by atoms with Crippen LogP contribution in [0.25, 0.3) is 0 Å². The van der Waals surface area contributed by atoms with Crippen LogP contribution in [0.3, 0.4) is 0 Å². The van der Waals surface area contributed by atoms with Crippen molar-refractivity contribution in [3.05, 3.63) is 28.8 Å². The van der Waals surface area contributed by atoms with Crippen molar-refractivity contribution < 1.29 is 9.53 Å². The van der Waals surface area contributed by atoms with E-state index in [2.05, 4.69) is 12.2 Å². The summed E-state index contributed by atoms with van der Waals surface area (Å²) in [5, 5.41) is 3.89. The summed E-state index contributed by atoms with van der Waals surface area (Å²) in [6, 6.07) is 5.68. The normalized spacial score (nSPS) is 18.6. The highest BCUT2D eigenvalue weighted by Crippen LogP contribution is 2.31. The van der Waals surface area contributed by atoms with Gasteiger partial charge in [-0.15, -0.1) is 0 Å². The number of hydrogen-bond donors (Lipinski definition) is 1. The summed E-state index contributed by atoms with van der Waals surface area (Å²) in [4.78, 5) is 13.6. The van der Waals surface area contributed by atoms with Gasteiger partial charge in [0.15, 0.2) is 6.10 Å². The first-order valence-corrected chi connectivity index (χ1v) is 7.41. The summed E-state index contributed by atoms with van der Waals surface area (Å²) < 4.78 is 5.89. The SMILES string of the molecule is CCCNCc1cccc(Cl)c1OC1CCN(C)C1=O. The van der Waals surface area contributed by atoms with E-state index in [9.17, 15) is 4.79 Å². The van der Waals surface area contributed by atoms with Gasteiger partial charge in [-0.2, -0.15) is 0 Å². The van der Waals surface area contributed by atoms with Crippen LogP contribution in [-0.4, -0.2) is 37.0 Å². The summed E-state index contributed by atoms with van der Waals surface area (Å²) >= 11 is 6.23. The van der Waals surface area contributed by atoms with E-state index in [-0.39, 0.29) is 5.91 Å². The number of carbonyl (C=O) groups excluding carboxylic acids is 1. The van der Waals surface area contributed by atoms with E-state index in [1.54, 1.807) is 18.0 Å². The van der Waals surface area contributed by atoms with Crippen molar-refractivity contribution in [3.8, 4) is 5.75 Å². The van der Waals surface area contributed by atoms with Gasteiger partial charge in [-0.1, -0.05) is 30.7 Å².